The summed E-state index contributed by atoms with van der Waals surface area (Å²) in [6.45, 7) is 6.83. The first-order valence-corrected chi connectivity index (χ1v) is 18.4. The Balaban J connectivity index is 0.000000216. The van der Waals surface area contributed by atoms with Gasteiger partial charge in [0.25, 0.3) is 0 Å². The van der Waals surface area contributed by atoms with Crippen LogP contribution in [0.4, 0.5) is 41.6 Å². The van der Waals surface area contributed by atoms with Gasteiger partial charge in [-0.3, -0.25) is 4.79 Å². The van der Waals surface area contributed by atoms with Crippen LogP contribution in [0.2, 0.25) is 0 Å². The second-order valence-corrected chi connectivity index (χ2v) is 14.4. The number of nitrogens with zero attached hydrogens (tertiary/aromatic N) is 4. The molecule has 6 rings (SSSR count). The zero-order chi connectivity index (χ0) is 38.3. The average molecular weight is 754 g/mol. The van der Waals surface area contributed by atoms with E-state index in [1.807, 2.05) is 23.1 Å². The Morgan fingerprint density at radius 1 is 0.792 bits per heavy atom. The number of piperidine rings is 3. The number of hydrogen-bond acceptors (Lipinski definition) is 5. The third kappa shape index (κ3) is 10.6. The van der Waals surface area contributed by atoms with Crippen molar-refractivity contribution in [3.63, 3.8) is 0 Å². The minimum Gasteiger partial charge on any atom is -0.453 e. The van der Waals surface area contributed by atoms with Gasteiger partial charge in [0.15, 0.2) is 0 Å². The Morgan fingerprint density at radius 2 is 1.36 bits per heavy atom. The molecule has 0 saturated carbocycles. The van der Waals surface area contributed by atoms with Gasteiger partial charge in [-0.25, -0.2) is 9.59 Å². The Morgan fingerprint density at radius 3 is 1.94 bits per heavy atom. The number of amides is 4. The van der Waals surface area contributed by atoms with Gasteiger partial charge in [-0.1, -0.05) is 31.5 Å². The number of rotatable bonds is 5. The van der Waals surface area contributed by atoms with Gasteiger partial charge >= 0.3 is 24.5 Å². The van der Waals surface area contributed by atoms with Crippen molar-refractivity contribution >= 4 is 23.7 Å². The number of hydrogen-bond donors (Lipinski definition) is 1. The molecule has 0 radical (unpaired) electrons. The number of carbonyl (C=O) groups excluding carboxylic acids is 3. The average Bonchev–Trinajstić information content (AvgIpc) is 3.32. The van der Waals surface area contributed by atoms with E-state index < -0.39 is 29.4 Å². The van der Waals surface area contributed by atoms with Crippen molar-refractivity contribution in [2.75, 3.05) is 58.2 Å². The SMILES string of the molecule is COC(=O)N1CCC(N2CCc3ccccc3NC2=O)CC1.C[C@H](Cc1cc(C(F)(F)F)cc(C(F)(F)F)c1)C(=O)N1CCC(N2CCCCC2)CC1. The lowest BCUT2D eigenvalue weighted by molar-refractivity contribution is -0.143. The summed E-state index contributed by atoms with van der Waals surface area (Å²) in [6.07, 6.45) is -2.48. The van der Waals surface area contributed by atoms with Gasteiger partial charge in [0, 0.05) is 56.4 Å². The maximum absolute atomic E-state index is 13.1. The molecule has 3 fully saturated rings. The van der Waals surface area contributed by atoms with Crippen LogP contribution in [0.1, 0.15) is 74.1 Å². The van der Waals surface area contributed by atoms with E-state index in [9.17, 15) is 40.7 Å². The molecule has 4 aliphatic heterocycles. The molecule has 4 amide bonds. The maximum Gasteiger partial charge on any atom is 0.416 e. The molecule has 0 unspecified atom stereocenters. The van der Waals surface area contributed by atoms with Crippen LogP contribution in [0.5, 0.6) is 0 Å². The fourth-order valence-corrected chi connectivity index (χ4v) is 7.85. The summed E-state index contributed by atoms with van der Waals surface area (Å²) in [5, 5.41) is 3.00. The Labute approximate surface area is 306 Å². The summed E-state index contributed by atoms with van der Waals surface area (Å²) >= 11 is 0. The smallest absolute Gasteiger partial charge is 0.416 e. The molecule has 0 aliphatic carbocycles. The molecule has 2 aromatic carbocycles. The summed E-state index contributed by atoms with van der Waals surface area (Å²) in [4.78, 5) is 44.6. The van der Waals surface area contributed by atoms with Crippen molar-refractivity contribution < 1.29 is 45.5 Å². The molecule has 0 bridgehead atoms. The highest BCUT2D eigenvalue weighted by Crippen LogP contribution is 2.37. The van der Waals surface area contributed by atoms with Crippen molar-refractivity contribution in [3.05, 3.63) is 64.7 Å². The van der Waals surface area contributed by atoms with Crippen molar-refractivity contribution in [2.45, 2.75) is 89.1 Å². The quantitative estimate of drug-likeness (QED) is 0.317. The molecule has 15 heteroatoms. The van der Waals surface area contributed by atoms with E-state index in [2.05, 4.69) is 16.3 Å². The first-order chi connectivity index (χ1) is 25.1. The fraction of sp³-hybridized carbons (Fsp3) is 0.605. The third-order valence-electron chi connectivity index (χ3n) is 10.8. The number of likely N-dealkylation sites (tertiary alicyclic amines) is 3. The summed E-state index contributed by atoms with van der Waals surface area (Å²) < 4.78 is 83.1. The monoisotopic (exact) mass is 753 g/mol. The molecule has 1 atom stereocenters. The number of carbonyl (C=O) groups is 3. The summed E-state index contributed by atoms with van der Waals surface area (Å²) in [7, 11) is 1.40. The second-order valence-electron chi connectivity index (χ2n) is 14.4. The van der Waals surface area contributed by atoms with E-state index in [1.165, 1.54) is 31.9 Å². The van der Waals surface area contributed by atoms with E-state index in [1.54, 1.807) is 16.7 Å². The molecule has 0 spiro atoms. The van der Waals surface area contributed by atoms with Crippen LogP contribution in [-0.2, 0) is 34.7 Å². The number of alkyl halides is 6. The minimum absolute atomic E-state index is 0.0403. The molecule has 2 aromatic rings. The van der Waals surface area contributed by atoms with Gasteiger partial charge in [-0.05, 0) is 99.8 Å². The molecule has 0 aromatic heterocycles. The fourth-order valence-electron chi connectivity index (χ4n) is 7.85. The van der Waals surface area contributed by atoms with Gasteiger partial charge < -0.3 is 29.7 Å². The number of halogens is 6. The van der Waals surface area contributed by atoms with E-state index in [0.29, 0.717) is 50.9 Å². The van der Waals surface area contributed by atoms with Crippen molar-refractivity contribution in [1.29, 1.82) is 0 Å². The summed E-state index contributed by atoms with van der Waals surface area (Å²) in [5.74, 6) is -0.917. The molecular weight excluding hydrogens is 704 g/mol. The Kier molecular flexibility index (Phi) is 13.2. The molecular formula is C38H49F6N5O4. The van der Waals surface area contributed by atoms with Crippen molar-refractivity contribution in [3.8, 4) is 0 Å². The number of benzene rings is 2. The zero-order valence-electron chi connectivity index (χ0n) is 30.3. The predicted molar refractivity (Wildman–Crippen MR) is 187 cm³/mol. The zero-order valence-corrected chi connectivity index (χ0v) is 30.3. The van der Waals surface area contributed by atoms with E-state index in [0.717, 1.165) is 50.9 Å². The van der Waals surface area contributed by atoms with Crippen LogP contribution < -0.4 is 5.32 Å². The van der Waals surface area contributed by atoms with Gasteiger partial charge in [0.2, 0.25) is 5.91 Å². The van der Waals surface area contributed by atoms with Gasteiger partial charge in [0.1, 0.15) is 0 Å². The number of methoxy groups -OCH3 is 1. The lowest BCUT2D eigenvalue weighted by Gasteiger charge is -2.40. The van der Waals surface area contributed by atoms with E-state index in [4.69, 9.17) is 4.74 Å². The third-order valence-corrected chi connectivity index (χ3v) is 10.8. The van der Waals surface area contributed by atoms with Crippen molar-refractivity contribution in [2.24, 2.45) is 5.92 Å². The number of ether oxygens (including phenoxy) is 1. The summed E-state index contributed by atoms with van der Waals surface area (Å²) in [6, 6.07) is 10.0. The first-order valence-electron chi connectivity index (χ1n) is 18.4. The summed E-state index contributed by atoms with van der Waals surface area (Å²) in [5.41, 5.74) is -0.753. The lowest BCUT2D eigenvalue weighted by atomic mass is 9.94. The first kappa shape index (κ1) is 40.2. The Hall–Kier alpha value is -4.01. The highest BCUT2D eigenvalue weighted by molar-refractivity contribution is 5.91. The normalized spacial score (nSPS) is 20.1. The van der Waals surface area contributed by atoms with Gasteiger partial charge in [0.05, 0.1) is 18.2 Å². The van der Waals surface area contributed by atoms with E-state index in [-0.39, 0.29) is 42.1 Å². The standard InChI is InChI=1S/C22H28F6N2O.C16H21N3O3/c1-15(11-16-12-17(21(23,24)25)14-18(13-16)22(26,27)28)20(31)30-9-5-19(6-10-30)29-7-3-2-4-8-29;1-22-16(21)18-9-7-13(8-10-18)19-11-6-12-4-2-3-5-14(12)17-15(19)20/h12-15,19H,2-11H2,1H3;2-5,13H,6-11H2,1H3,(H,17,20)/t15-;/m1./s1. The van der Waals surface area contributed by atoms with Crippen LogP contribution in [-0.4, -0.2) is 103 Å². The number of nitrogens with one attached hydrogen (secondary N) is 1. The molecule has 292 valence electrons. The molecule has 4 aliphatic rings. The molecule has 53 heavy (non-hydrogen) atoms. The number of anilines is 1. The predicted octanol–water partition coefficient (Wildman–Crippen LogP) is 7.69. The van der Waals surface area contributed by atoms with E-state index >= 15 is 0 Å². The van der Waals surface area contributed by atoms with Crippen LogP contribution in [0.15, 0.2) is 42.5 Å². The molecule has 4 heterocycles. The van der Waals surface area contributed by atoms with Crippen molar-refractivity contribution in [1.82, 2.24) is 19.6 Å². The van der Waals surface area contributed by atoms with Crippen LogP contribution in [0.3, 0.4) is 0 Å². The largest absolute Gasteiger partial charge is 0.453 e. The lowest BCUT2D eigenvalue weighted by Crippen LogP contribution is -2.50. The van der Waals surface area contributed by atoms with Crippen LogP contribution >= 0.6 is 0 Å². The van der Waals surface area contributed by atoms with Crippen LogP contribution in [0.25, 0.3) is 0 Å². The van der Waals surface area contributed by atoms with Gasteiger partial charge in [-0.15, -0.1) is 0 Å². The highest BCUT2D eigenvalue weighted by atomic mass is 19.4. The van der Waals surface area contributed by atoms with Crippen LogP contribution in [0, 0.1) is 5.92 Å². The Bertz CT molecular complexity index is 1530. The number of para-hydroxylation sites is 1. The number of fused-ring (bicyclic) bond motifs is 1. The molecule has 3 saturated heterocycles. The number of urea groups is 1. The topological polar surface area (TPSA) is 85.4 Å². The second kappa shape index (κ2) is 17.4. The highest BCUT2D eigenvalue weighted by Gasteiger charge is 2.38. The molecule has 9 nitrogen and oxygen atoms in total. The molecule has 1 N–H and O–H groups in total. The maximum atomic E-state index is 13.1. The minimum atomic E-state index is -4.89. The van der Waals surface area contributed by atoms with Gasteiger partial charge in [-0.2, -0.15) is 26.3 Å².